The van der Waals surface area contributed by atoms with Crippen molar-refractivity contribution in [2.75, 3.05) is 0 Å². The predicted molar refractivity (Wildman–Crippen MR) is 50.6 cm³/mol. The molecule has 3 atom stereocenters. The lowest BCUT2D eigenvalue weighted by Crippen LogP contribution is -2.44. The molecule has 0 saturated heterocycles. The van der Waals surface area contributed by atoms with E-state index in [1.807, 2.05) is 0 Å². The first-order chi connectivity index (χ1) is 5.14. The molecular formula is C11H22. The standard InChI is InChI=1S/C11H22/c1-5-7-11(4)8-9(3)10(11)6-2/h9-10H,5-8H2,1-4H3. The summed E-state index contributed by atoms with van der Waals surface area (Å²) < 4.78 is 0. The molecular weight excluding hydrogens is 132 g/mol. The van der Waals surface area contributed by atoms with Gasteiger partial charge in [0.15, 0.2) is 0 Å². The topological polar surface area (TPSA) is 0 Å². The molecule has 11 heavy (non-hydrogen) atoms. The van der Waals surface area contributed by atoms with Crippen LogP contribution in [0.2, 0.25) is 0 Å². The molecule has 1 fully saturated rings. The number of hydrogen-bond donors (Lipinski definition) is 0. The average Bonchev–Trinajstić information content (AvgIpc) is 1.87. The minimum Gasteiger partial charge on any atom is -0.0654 e. The van der Waals surface area contributed by atoms with E-state index in [4.69, 9.17) is 0 Å². The van der Waals surface area contributed by atoms with Crippen LogP contribution in [0.15, 0.2) is 0 Å². The van der Waals surface area contributed by atoms with Crippen LogP contribution < -0.4 is 0 Å². The largest absolute Gasteiger partial charge is 0.0654 e. The molecule has 0 bridgehead atoms. The third-order valence-corrected chi connectivity index (χ3v) is 3.63. The van der Waals surface area contributed by atoms with Crippen molar-refractivity contribution in [1.29, 1.82) is 0 Å². The Morgan fingerprint density at radius 1 is 1.36 bits per heavy atom. The van der Waals surface area contributed by atoms with Gasteiger partial charge in [-0.2, -0.15) is 0 Å². The van der Waals surface area contributed by atoms with Gasteiger partial charge >= 0.3 is 0 Å². The van der Waals surface area contributed by atoms with Gasteiger partial charge in [0.1, 0.15) is 0 Å². The third kappa shape index (κ3) is 1.45. The van der Waals surface area contributed by atoms with E-state index in [-0.39, 0.29) is 0 Å². The summed E-state index contributed by atoms with van der Waals surface area (Å²) in [6.07, 6.45) is 5.66. The molecule has 0 nitrogen and oxygen atoms in total. The van der Waals surface area contributed by atoms with Gasteiger partial charge in [0, 0.05) is 0 Å². The second-order valence-electron chi connectivity index (χ2n) is 4.60. The molecule has 0 N–H and O–H groups in total. The van der Waals surface area contributed by atoms with Crippen LogP contribution in [0.25, 0.3) is 0 Å². The summed E-state index contributed by atoms with van der Waals surface area (Å²) in [6.45, 7) is 9.53. The quantitative estimate of drug-likeness (QED) is 0.579. The van der Waals surface area contributed by atoms with Crippen molar-refractivity contribution < 1.29 is 0 Å². The highest BCUT2D eigenvalue weighted by molar-refractivity contribution is 4.95. The minimum absolute atomic E-state index is 0.711. The Bertz CT molecular complexity index is 124. The lowest BCUT2D eigenvalue weighted by atomic mass is 9.53. The first kappa shape index (κ1) is 9.09. The van der Waals surface area contributed by atoms with Crippen LogP contribution >= 0.6 is 0 Å². The van der Waals surface area contributed by atoms with Gasteiger partial charge in [-0.3, -0.25) is 0 Å². The van der Waals surface area contributed by atoms with Crippen molar-refractivity contribution in [3.8, 4) is 0 Å². The molecule has 0 amide bonds. The highest BCUT2D eigenvalue weighted by atomic mass is 14.5. The molecule has 3 unspecified atom stereocenters. The van der Waals surface area contributed by atoms with Crippen molar-refractivity contribution >= 4 is 0 Å². The molecule has 0 heteroatoms. The molecule has 0 heterocycles. The van der Waals surface area contributed by atoms with Crippen LogP contribution in [0, 0.1) is 17.3 Å². The van der Waals surface area contributed by atoms with E-state index in [1.54, 1.807) is 0 Å². The Morgan fingerprint density at radius 3 is 2.36 bits per heavy atom. The predicted octanol–water partition coefficient (Wildman–Crippen LogP) is 3.86. The van der Waals surface area contributed by atoms with Gasteiger partial charge in [-0.05, 0) is 30.1 Å². The zero-order valence-electron chi connectivity index (χ0n) is 8.48. The molecule has 0 spiro atoms. The highest BCUT2D eigenvalue weighted by Gasteiger charge is 2.45. The summed E-state index contributed by atoms with van der Waals surface area (Å²) in [5.74, 6) is 2.01. The van der Waals surface area contributed by atoms with Gasteiger partial charge in [0.2, 0.25) is 0 Å². The molecule has 1 aliphatic rings. The summed E-state index contributed by atoms with van der Waals surface area (Å²) in [5, 5.41) is 0. The van der Waals surface area contributed by atoms with E-state index < -0.39 is 0 Å². The zero-order valence-corrected chi connectivity index (χ0v) is 8.48. The average molecular weight is 154 g/mol. The van der Waals surface area contributed by atoms with E-state index in [2.05, 4.69) is 27.7 Å². The van der Waals surface area contributed by atoms with Gasteiger partial charge in [-0.25, -0.2) is 0 Å². The van der Waals surface area contributed by atoms with Gasteiger partial charge in [-0.15, -0.1) is 0 Å². The summed E-state index contributed by atoms with van der Waals surface area (Å²) in [6, 6.07) is 0. The van der Waals surface area contributed by atoms with Crippen molar-refractivity contribution in [3.05, 3.63) is 0 Å². The van der Waals surface area contributed by atoms with E-state index in [9.17, 15) is 0 Å². The highest BCUT2D eigenvalue weighted by Crippen LogP contribution is 2.54. The van der Waals surface area contributed by atoms with E-state index in [0.29, 0.717) is 5.41 Å². The molecule has 1 aliphatic carbocycles. The second kappa shape index (κ2) is 3.16. The molecule has 0 radical (unpaired) electrons. The van der Waals surface area contributed by atoms with Crippen LogP contribution in [0.5, 0.6) is 0 Å². The van der Waals surface area contributed by atoms with Gasteiger partial charge < -0.3 is 0 Å². The van der Waals surface area contributed by atoms with E-state index in [1.165, 1.54) is 25.7 Å². The Kier molecular flexibility index (Phi) is 2.61. The van der Waals surface area contributed by atoms with Gasteiger partial charge in [-0.1, -0.05) is 40.5 Å². The maximum absolute atomic E-state index is 2.48. The fourth-order valence-corrected chi connectivity index (χ4v) is 3.31. The second-order valence-corrected chi connectivity index (χ2v) is 4.60. The van der Waals surface area contributed by atoms with Crippen LogP contribution in [0.1, 0.15) is 53.4 Å². The van der Waals surface area contributed by atoms with Crippen molar-refractivity contribution in [1.82, 2.24) is 0 Å². The van der Waals surface area contributed by atoms with Crippen LogP contribution in [0.4, 0.5) is 0 Å². The van der Waals surface area contributed by atoms with E-state index in [0.717, 1.165) is 11.8 Å². The van der Waals surface area contributed by atoms with Crippen LogP contribution in [-0.4, -0.2) is 0 Å². The maximum Gasteiger partial charge on any atom is -0.0293 e. The van der Waals surface area contributed by atoms with Crippen LogP contribution in [0.3, 0.4) is 0 Å². The third-order valence-electron chi connectivity index (χ3n) is 3.63. The zero-order chi connectivity index (χ0) is 8.48. The smallest absolute Gasteiger partial charge is 0.0293 e. The molecule has 66 valence electrons. The van der Waals surface area contributed by atoms with Crippen molar-refractivity contribution in [3.63, 3.8) is 0 Å². The molecule has 1 saturated carbocycles. The normalized spacial score (nSPS) is 43.6. The Morgan fingerprint density at radius 2 is 2.00 bits per heavy atom. The number of hydrogen-bond acceptors (Lipinski definition) is 0. The fraction of sp³-hybridized carbons (Fsp3) is 1.00. The molecule has 0 aromatic carbocycles. The lowest BCUT2D eigenvalue weighted by molar-refractivity contribution is -0.0275. The van der Waals surface area contributed by atoms with Gasteiger partial charge in [0.05, 0.1) is 0 Å². The van der Waals surface area contributed by atoms with Gasteiger partial charge in [0.25, 0.3) is 0 Å². The van der Waals surface area contributed by atoms with Crippen molar-refractivity contribution in [2.45, 2.75) is 53.4 Å². The monoisotopic (exact) mass is 154 g/mol. The summed E-state index contributed by atoms with van der Waals surface area (Å²) in [4.78, 5) is 0. The molecule has 0 aromatic heterocycles. The maximum atomic E-state index is 2.48. The van der Waals surface area contributed by atoms with E-state index >= 15 is 0 Å². The summed E-state index contributed by atoms with van der Waals surface area (Å²) in [7, 11) is 0. The van der Waals surface area contributed by atoms with Crippen LogP contribution in [-0.2, 0) is 0 Å². The first-order valence-electron chi connectivity index (χ1n) is 5.14. The Labute approximate surface area is 71.4 Å². The Balaban J connectivity index is 2.47. The summed E-state index contributed by atoms with van der Waals surface area (Å²) in [5.41, 5.74) is 0.711. The minimum atomic E-state index is 0.711. The molecule has 0 aliphatic heterocycles. The SMILES string of the molecule is CCCC1(C)CC(C)C1CC. The molecule has 0 aromatic rings. The summed E-state index contributed by atoms with van der Waals surface area (Å²) >= 11 is 0. The molecule has 1 rings (SSSR count). The lowest BCUT2D eigenvalue weighted by Gasteiger charge is -2.52. The Hall–Kier alpha value is 0. The van der Waals surface area contributed by atoms with Crippen molar-refractivity contribution in [2.24, 2.45) is 17.3 Å². The number of rotatable bonds is 3. The first-order valence-corrected chi connectivity index (χ1v) is 5.14. The fourth-order valence-electron chi connectivity index (χ4n) is 3.31.